The smallest absolute Gasteiger partial charge is 0.410 e. The van der Waals surface area contributed by atoms with Crippen molar-refractivity contribution in [3.63, 3.8) is 0 Å². The number of cyclic esters (lactones) is 1. The first-order valence-corrected chi connectivity index (χ1v) is 9.73. The number of hydrogen-bond acceptors (Lipinski definition) is 8. The summed E-state index contributed by atoms with van der Waals surface area (Å²) in [6.45, 7) is 5.80. The summed E-state index contributed by atoms with van der Waals surface area (Å²) in [6.07, 6.45) is 0.904. The van der Waals surface area contributed by atoms with Gasteiger partial charge in [0.1, 0.15) is 12.6 Å². The van der Waals surface area contributed by atoms with Gasteiger partial charge in [0.2, 0.25) is 0 Å². The summed E-state index contributed by atoms with van der Waals surface area (Å²) >= 11 is 0. The predicted molar refractivity (Wildman–Crippen MR) is 96.2 cm³/mol. The second-order valence-corrected chi connectivity index (χ2v) is 7.19. The number of unbranched alkanes of at least 4 members (excludes halogenated alkanes) is 3. The van der Waals surface area contributed by atoms with E-state index in [0.29, 0.717) is 6.42 Å². The van der Waals surface area contributed by atoms with Crippen molar-refractivity contribution in [1.82, 2.24) is 4.90 Å². The highest BCUT2D eigenvalue weighted by Gasteiger charge is 2.58. The maximum atomic E-state index is 12.4. The average Bonchev–Trinajstić information content (AvgIpc) is 2.97. The molecule has 158 valence electrons. The summed E-state index contributed by atoms with van der Waals surface area (Å²) in [5, 5.41) is 0. The van der Waals surface area contributed by atoms with Crippen LogP contribution in [-0.4, -0.2) is 65.9 Å². The van der Waals surface area contributed by atoms with Crippen LogP contribution in [0.25, 0.3) is 0 Å². The van der Waals surface area contributed by atoms with Crippen molar-refractivity contribution < 1.29 is 38.1 Å². The quantitative estimate of drug-likeness (QED) is 0.346. The lowest BCUT2D eigenvalue weighted by molar-refractivity contribution is -0.207. The summed E-state index contributed by atoms with van der Waals surface area (Å²) in [7, 11) is 0. The minimum absolute atomic E-state index is 0.00674. The van der Waals surface area contributed by atoms with Crippen LogP contribution in [0.3, 0.4) is 0 Å². The molecule has 2 heterocycles. The van der Waals surface area contributed by atoms with E-state index < -0.39 is 54.4 Å². The molecule has 0 unspecified atom stereocenters. The third-order valence-corrected chi connectivity index (χ3v) is 4.97. The molecule has 1 amide bonds. The second kappa shape index (κ2) is 9.75. The number of carbonyl (C=O) groups excluding carboxylic acids is 4. The van der Waals surface area contributed by atoms with E-state index in [2.05, 4.69) is 6.92 Å². The zero-order valence-corrected chi connectivity index (χ0v) is 16.8. The Kier molecular flexibility index (Phi) is 7.65. The molecule has 9 nitrogen and oxygen atoms in total. The molecule has 0 aliphatic carbocycles. The van der Waals surface area contributed by atoms with Crippen LogP contribution in [-0.2, 0) is 33.3 Å². The van der Waals surface area contributed by atoms with Gasteiger partial charge in [0.15, 0.2) is 18.3 Å². The number of ether oxygens (including phenoxy) is 4. The van der Waals surface area contributed by atoms with E-state index in [4.69, 9.17) is 18.9 Å². The number of fused-ring (bicyclic) bond motifs is 1. The van der Waals surface area contributed by atoms with Gasteiger partial charge in [-0.25, -0.2) is 4.79 Å². The molecule has 0 N–H and O–H groups in total. The Morgan fingerprint density at radius 3 is 2.07 bits per heavy atom. The van der Waals surface area contributed by atoms with Gasteiger partial charge in [-0.1, -0.05) is 32.6 Å². The van der Waals surface area contributed by atoms with Crippen molar-refractivity contribution in [2.75, 3.05) is 6.61 Å². The molecule has 0 spiro atoms. The van der Waals surface area contributed by atoms with Crippen molar-refractivity contribution >= 4 is 24.0 Å². The number of amides is 1. The molecular formula is C19H29NO8. The number of nitrogens with zero attached hydrogens (tertiary/aromatic N) is 1. The Hall–Kier alpha value is -2.32. The van der Waals surface area contributed by atoms with Crippen LogP contribution < -0.4 is 0 Å². The number of rotatable bonds is 8. The van der Waals surface area contributed by atoms with E-state index in [0.717, 1.165) is 25.7 Å². The van der Waals surface area contributed by atoms with Gasteiger partial charge in [0, 0.05) is 20.8 Å². The van der Waals surface area contributed by atoms with Crippen LogP contribution in [0.2, 0.25) is 0 Å². The Balaban J connectivity index is 2.38. The predicted octanol–water partition coefficient (Wildman–Crippen LogP) is 1.95. The Morgan fingerprint density at radius 2 is 1.50 bits per heavy atom. The highest BCUT2D eigenvalue weighted by atomic mass is 16.6. The highest BCUT2D eigenvalue weighted by molar-refractivity contribution is 5.73. The first-order chi connectivity index (χ1) is 13.3. The lowest BCUT2D eigenvalue weighted by Crippen LogP contribution is -2.68. The first-order valence-electron chi connectivity index (χ1n) is 9.73. The number of hydrogen-bond donors (Lipinski definition) is 0. The normalized spacial score (nSPS) is 28.9. The van der Waals surface area contributed by atoms with Crippen molar-refractivity contribution in [3.8, 4) is 0 Å². The van der Waals surface area contributed by atoms with E-state index in [-0.39, 0.29) is 6.61 Å². The zero-order chi connectivity index (χ0) is 20.8. The fraction of sp³-hybridized carbons (Fsp3) is 0.789. The molecular weight excluding hydrogens is 370 g/mol. The average molecular weight is 399 g/mol. The number of carbonyl (C=O) groups is 4. The van der Waals surface area contributed by atoms with E-state index in [1.54, 1.807) is 0 Å². The van der Waals surface area contributed by atoms with Gasteiger partial charge in [0.05, 0.1) is 6.04 Å². The highest BCUT2D eigenvalue weighted by Crippen LogP contribution is 2.36. The van der Waals surface area contributed by atoms with Gasteiger partial charge in [-0.2, -0.15) is 0 Å². The van der Waals surface area contributed by atoms with Gasteiger partial charge in [-0.15, -0.1) is 0 Å². The van der Waals surface area contributed by atoms with Crippen LogP contribution in [0.1, 0.15) is 59.8 Å². The Bertz CT molecular complexity index is 607. The molecule has 2 aliphatic rings. The largest absolute Gasteiger partial charge is 0.456 e. The molecule has 2 fully saturated rings. The number of esters is 3. The molecule has 0 bridgehead atoms. The monoisotopic (exact) mass is 399 g/mol. The third-order valence-electron chi connectivity index (χ3n) is 4.97. The zero-order valence-electron chi connectivity index (χ0n) is 16.8. The fourth-order valence-electron chi connectivity index (χ4n) is 3.95. The standard InChI is InChI=1S/C19H29NO8/c1-5-6-7-8-9-14-16(26-11(2)21)18(28-13(4)23)17(27-12(3)22)15-10-25-19(24)20(14)15/h14-18H,5-10H2,1-4H3/t14-,15+,16-,17+,18+/m0/s1. The van der Waals surface area contributed by atoms with Gasteiger partial charge in [0.25, 0.3) is 0 Å². The van der Waals surface area contributed by atoms with E-state index in [1.807, 2.05) is 0 Å². The van der Waals surface area contributed by atoms with Gasteiger partial charge >= 0.3 is 24.0 Å². The topological polar surface area (TPSA) is 108 Å². The molecule has 28 heavy (non-hydrogen) atoms. The molecule has 9 heteroatoms. The maximum absolute atomic E-state index is 12.4. The van der Waals surface area contributed by atoms with Crippen LogP contribution in [0.4, 0.5) is 4.79 Å². The van der Waals surface area contributed by atoms with E-state index in [1.165, 1.54) is 25.7 Å². The molecule has 0 aromatic rings. The van der Waals surface area contributed by atoms with Crippen LogP contribution in [0.5, 0.6) is 0 Å². The summed E-state index contributed by atoms with van der Waals surface area (Å²) in [6, 6.07) is -1.14. The van der Waals surface area contributed by atoms with Gasteiger partial charge < -0.3 is 18.9 Å². The van der Waals surface area contributed by atoms with Crippen molar-refractivity contribution in [1.29, 1.82) is 0 Å². The molecule has 2 saturated heterocycles. The maximum Gasteiger partial charge on any atom is 0.410 e. The lowest BCUT2D eigenvalue weighted by Gasteiger charge is -2.47. The second-order valence-electron chi connectivity index (χ2n) is 7.19. The van der Waals surface area contributed by atoms with Gasteiger partial charge in [-0.3, -0.25) is 19.3 Å². The van der Waals surface area contributed by atoms with Crippen LogP contribution in [0, 0.1) is 0 Å². The summed E-state index contributed by atoms with van der Waals surface area (Å²) in [5.41, 5.74) is 0. The Morgan fingerprint density at radius 1 is 0.929 bits per heavy atom. The Labute approximate surface area is 164 Å². The molecule has 0 aromatic carbocycles. The molecule has 0 radical (unpaired) electrons. The number of piperidine rings is 1. The third kappa shape index (κ3) is 5.14. The molecule has 0 aromatic heterocycles. The van der Waals surface area contributed by atoms with Crippen molar-refractivity contribution in [3.05, 3.63) is 0 Å². The lowest BCUT2D eigenvalue weighted by atomic mass is 9.85. The minimum Gasteiger partial charge on any atom is -0.456 e. The first kappa shape index (κ1) is 22.0. The summed E-state index contributed by atoms with van der Waals surface area (Å²) < 4.78 is 21.5. The van der Waals surface area contributed by atoms with E-state index in [9.17, 15) is 19.2 Å². The summed E-state index contributed by atoms with van der Waals surface area (Å²) in [5.74, 6) is -1.76. The SMILES string of the molecule is CCCCCC[C@H]1[C@H](OC(C)=O)[C@@H](OC(C)=O)[C@H](OC(C)=O)[C@H]2COC(=O)N21. The summed E-state index contributed by atoms with van der Waals surface area (Å²) in [4.78, 5) is 49.0. The fourth-order valence-corrected chi connectivity index (χ4v) is 3.95. The van der Waals surface area contributed by atoms with E-state index >= 15 is 0 Å². The van der Waals surface area contributed by atoms with Crippen molar-refractivity contribution in [2.45, 2.75) is 90.2 Å². The minimum atomic E-state index is -1.02. The van der Waals surface area contributed by atoms with Gasteiger partial charge in [-0.05, 0) is 6.42 Å². The van der Waals surface area contributed by atoms with Crippen LogP contribution in [0.15, 0.2) is 0 Å². The van der Waals surface area contributed by atoms with Crippen molar-refractivity contribution in [2.24, 2.45) is 0 Å². The molecule has 2 rings (SSSR count). The molecule has 2 aliphatic heterocycles. The van der Waals surface area contributed by atoms with Crippen LogP contribution >= 0.6 is 0 Å². The molecule has 5 atom stereocenters. The molecule has 0 saturated carbocycles.